The maximum Gasteiger partial charge on any atom is 0.142 e. The number of ether oxygens (including phenoxy) is 1. The first-order chi connectivity index (χ1) is 10.2. The average Bonchev–Trinajstić information content (AvgIpc) is 2.91. The van der Waals surface area contributed by atoms with Crippen molar-refractivity contribution in [1.29, 1.82) is 0 Å². The maximum absolute atomic E-state index is 9.49. The molecule has 5 nitrogen and oxygen atoms in total. The van der Waals surface area contributed by atoms with Gasteiger partial charge in [0.2, 0.25) is 0 Å². The molecule has 1 aromatic carbocycles. The monoisotopic (exact) mass is 309 g/mol. The highest BCUT2D eigenvalue weighted by Gasteiger charge is 2.06. The number of rotatable bonds is 8. The number of aliphatic hydroxyl groups excluding tert-OH is 1. The van der Waals surface area contributed by atoms with E-state index in [0.717, 1.165) is 17.1 Å². The molecule has 2 N–H and O–H groups in total. The van der Waals surface area contributed by atoms with Crippen molar-refractivity contribution < 1.29 is 9.84 Å². The molecule has 0 aliphatic heterocycles. The molecule has 114 valence electrons. The van der Waals surface area contributed by atoms with Crippen molar-refractivity contribution in [3.63, 3.8) is 0 Å². The normalized spacial score (nSPS) is 12.1. The summed E-state index contributed by atoms with van der Waals surface area (Å²) in [6.07, 6.45) is 1.35. The zero-order valence-corrected chi connectivity index (χ0v) is 12.8. The van der Waals surface area contributed by atoms with Crippen LogP contribution in [0.25, 0.3) is 0 Å². The highest BCUT2D eigenvalue weighted by molar-refractivity contribution is 6.18. The first-order valence-electron chi connectivity index (χ1n) is 6.89. The van der Waals surface area contributed by atoms with Crippen molar-refractivity contribution in [3.05, 3.63) is 42.2 Å². The number of hydrogen-bond donors (Lipinski definition) is 2. The molecule has 2 aromatic rings. The molecule has 1 aromatic heterocycles. The van der Waals surface area contributed by atoms with Gasteiger partial charge in [0.05, 0.1) is 29.9 Å². The summed E-state index contributed by atoms with van der Waals surface area (Å²) < 4.78 is 7.63. The van der Waals surface area contributed by atoms with E-state index < -0.39 is 6.10 Å². The Labute approximate surface area is 129 Å². The summed E-state index contributed by atoms with van der Waals surface area (Å²) in [7, 11) is 0. The topological polar surface area (TPSA) is 59.3 Å². The first-order valence-corrected chi connectivity index (χ1v) is 7.42. The summed E-state index contributed by atoms with van der Waals surface area (Å²) in [4.78, 5) is 0. The van der Waals surface area contributed by atoms with Gasteiger partial charge in [-0.1, -0.05) is 12.1 Å². The molecule has 6 heteroatoms. The van der Waals surface area contributed by atoms with Gasteiger partial charge in [0.1, 0.15) is 12.4 Å². The van der Waals surface area contributed by atoms with Crippen LogP contribution in [-0.2, 0) is 6.54 Å². The quantitative estimate of drug-likeness (QED) is 0.735. The minimum atomic E-state index is -0.577. The molecule has 1 unspecified atom stereocenters. The molecule has 1 atom stereocenters. The van der Waals surface area contributed by atoms with Crippen LogP contribution in [0, 0.1) is 6.92 Å². The Morgan fingerprint density at radius 1 is 1.38 bits per heavy atom. The van der Waals surface area contributed by atoms with Crippen LogP contribution in [0.5, 0.6) is 5.75 Å². The lowest BCUT2D eigenvalue weighted by atomic mass is 10.3. The van der Waals surface area contributed by atoms with E-state index in [1.165, 1.54) is 0 Å². The molecule has 0 saturated heterocycles. The van der Waals surface area contributed by atoms with Crippen LogP contribution in [0.15, 0.2) is 36.5 Å². The standard InChI is InChI=1S/C15H20ClN3O2/c1-12-6-7-19(18-12)8-9-21-15-5-3-2-4-14(15)17-11-13(20)10-16/h2-7,13,17,20H,8-11H2,1H3. The predicted molar refractivity (Wildman–Crippen MR) is 84.1 cm³/mol. The smallest absolute Gasteiger partial charge is 0.142 e. The first kappa shape index (κ1) is 15.7. The summed E-state index contributed by atoms with van der Waals surface area (Å²) in [5.41, 5.74) is 1.84. The van der Waals surface area contributed by atoms with Crippen molar-refractivity contribution in [2.45, 2.75) is 19.6 Å². The lowest BCUT2D eigenvalue weighted by Crippen LogP contribution is -2.21. The number of aliphatic hydroxyl groups is 1. The fourth-order valence-corrected chi connectivity index (χ4v) is 1.97. The molecule has 1 heterocycles. The molecule has 0 saturated carbocycles. The number of benzene rings is 1. The summed E-state index contributed by atoms with van der Waals surface area (Å²) in [5.74, 6) is 0.956. The molecular formula is C15H20ClN3O2. The Morgan fingerprint density at radius 2 is 2.19 bits per heavy atom. The maximum atomic E-state index is 9.49. The van der Waals surface area contributed by atoms with Gasteiger partial charge in [-0.15, -0.1) is 11.6 Å². The van der Waals surface area contributed by atoms with E-state index in [2.05, 4.69) is 10.4 Å². The van der Waals surface area contributed by atoms with E-state index in [4.69, 9.17) is 16.3 Å². The van der Waals surface area contributed by atoms with Crippen LogP contribution >= 0.6 is 11.6 Å². The van der Waals surface area contributed by atoms with Crippen molar-refractivity contribution in [1.82, 2.24) is 9.78 Å². The number of halogens is 1. The highest BCUT2D eigenvalue weighted by atomic mass is 35.5. The number of hydrogen-bond acceptors (Lipinski definition) is 4. The van der Waals surface area contributed by atoms with Gasteiger partial charge in [0.25, 0.3) is 0 Å². The van der Waals surface area contributed by atoms with Gasteiger partial charge >= 0.3 is 0 Å². The molecule has 0 amide bonds. The van der Waals surface area contributed by atoms with Crippen LogP contribution in [0.1, 0.15) is 5.69 Å². The summed E-state index contributed by atoms with van der Waals surface area (Å²) in [6.45, 7) is 3.56. The second kappa shape index (κ2) is 7.90. The van der Waals surface area contributed by atoms with Gasteiger partial charge in [-0.05, 0) is 25.1 Å². The lowest BCUT2D eigenvalue weighted by molar-refractivity contribution is 0.211. The second-order valence-corrected chi connectivity index (χ2v) is 5.06. The van der Waals surface area contributed by atoms with E-state index in [1.54, 1.807) is 0 Å². The summed E-state index contributed by atoms with van der Waals surface area (Å²) in [5, 5.41) is 16.9. The van der Waals surface area contributed by atoms with Crippen molar-refractivity contribution in [3.8, 4) is 5.75 Å². The third-order valence-corrected chi connectivity index (χ3v) is 3.30. The Bertz CT molecular complexity index is 559. The minimum Gasteiger partial charge on any atom is -0.489 e. The lowest BCUT2D eigenvalue weighted by Gasteiger charge is -2.14. The number of para-hydroxylation sites is 2. The van der Waals surface area contributed by atoms with Gasteiger partial charge in [-0.2, -0.15) is 5.10 Å². The number of aryl methyl sites for hydroxylation is 1. The molecule has 0 radical (unpaired) electrons. The Kier molecular flexibility index (Phi) is 5.90. The molecule has 2 rings (SSSR count). The van der Waals surface area contributed by atoms with Crippen molar-refractivity contribution >= 4 is 17.3 Å². The van der Waals surface area contributed by atoms with E-state index in [1.807, 2.05) is 48.1 Å². The van der Waals surface area contributed by atoms with E-state index in [9.17, 15) is 5.11 Å². The van der Waals surface area contributed by atoms with E-state index in [-0.39, 0.29) is 5.88 Å². The summed E-state index contributed by atoms with van der Waals surface area (Å²) >= 11 is 5.58. The van der Waals surface area contributed by atoms with Gasteiger partial charge < -0.3 is 15.2 Å². The van der Waals surface area contributed by atoms with E-state index >= 15 is 0 Å². The van der Waals surface area contributed by atoms with Crippen molar-refractivity contribution in [2.75, 3.05) is 24.3 Å². The zero-order valence-electron chi connectivity index (χ0n) is 12.0. The molecule has 0 bridgehead atoms. The van der Waals surface area contributed by atoms with Crippen LogP contribution in [0.4, 0.5) is 5.69 Å². The molecule has 0 spiro atoms. The predicted octanol–water partition coefficient (Wildman–Crippen LogP) is 2.28. The Hall–Kier alpha value is -1.72. The number of nitrogens with zero attached hydrogens (tertiary/aromatic N) is 2. The third kappa shape index (κ3) is 4.95. The minimum absolute atomic E-state index is 0.203. The van der Waals surface area contributed by atoms with Gasteiger partial charge in [-0.25, -0.2) is 0 Å². The molecule has 0 aliphatic rings. The van der Waals surface area contributed by atoms with Crippen LogP contribution in [-0.4, -0.2) is 40.0 Å². The average molecular weight is 310 g/mol. The zero-order chi connectivity index (χ0) is 15.1. The fraction of sp³-hybridized carbons (Fsp3) is 0.400. The fourth-order valence-electron chi connectivity index (χ4n) is 1.86. The number of nitrogens with one attached hydrogen (secondary N) is 1. The van der Waals surface area contributed by atoms with Crippen LogP contribution in [0.3, 0.4) is 0 Å². The van der Waals surface area contributed by atoms with Crippen molar-refractivity contribution in [2.24, 2.45) is 0 Å². The molecule has 0 fully saturated rings. The second-order valence-electron chi connectivity index (χ2n) is 4.75. The van der Waals surface area contributed by atoms with Gasteiger partial charge in [0.15, 0.2) is 0 Å². The van der Waals surface area contributed by atoms with Gasteiger partial charge in [-0.3, -0.25) is 4.68 Å². The summed E-state index contributed by atoms with van der Waals surface area (Å²) in [6, 6.07) is 9.59. The Balaban J connectivity index is 1.87. The molecule has 0 aliphatic carbocycles. The van der Waals surface area contributed by atoms with Crippen LogP contribution in [0.2, 0.25) is 0 Å². The molecular weight excluding hydrogens is 290 g/mol. The van der Waals surface area contributed by atoms with Crippen LogP contribution < -0.4 is 10.1 Å². The SMILES string of the molecule is Cc1ccn(CCOc2ccccc2NCC(O)CCl)n1. The van der Waals surface area contributed by atoms with E-state index in [0.29, 0.717) is 19.7 Å². The number of aromatic nitrogens is 2. The molecule has 21 heavy (non-hydrogen) atoms. The third-order valence-electron chi connectivity index (χ3n) is 2.95. The number of anilines is 1. The Morgan fingerprint density at radius 3 is 2.90 bits per heavy atom. The number of alkyl halides is 1. The highest BCUT2D eigenvalue weighted by Crippen LogP contribution is 2.23. The largest absolute Gasteiger partial charge is 0.489 e. The van der Waals surface area contributed by atoms with Gasteiger partial charge in [0, 0.05) is 12.7 Å².